The molecule has 2 atom stereocenters. The van der Waals surface area contributed by atoms with E-state index in [2.05, 4.69) is 60.1 Å². The second kappa shape index (κ2) is 7.81. The molecule has 1 aromatic rings. The highest BCUT2D eigenvalue weighted by Gasteiger charge is 2.24. The number of hydrogen-bond acceptors (Lipinski definition) is 4. The first kappa shape index (κ1) is 17.2. The molecule has 0 unspecified atom stereocenters. The summed E-state index contributed by atoms with van der Waals surface area (Å²) in [5.41, 5.74) is 1.30. The summed E-state index contributed by atoms with van der Waals surface area (Å²) in [4.78, 5) is 9.25. The smallest absolute Gasteiger partial charge is 0.128 e. The lowest BCUT2D eigenvalue weighted by Gasteiger charge is -2.39. The SMILES string of the molecule is CCN(C)c1ccc(CN2[C@H](C)CNC[C@@H]2C)cn1.Cl. The Kier molecular flexibility index (Phi) is 6.72. The summed E-state index contributed by atoms with van der Waals surface area (Å²) in [6, 6.07) is 5.50. The minimum absolute atomic E-state index is 0. The maximum absolute atomic E-state index is 4.55. The van der Waals surface area contributed by atoms with Crippen molar-refractivity contribution in [1.29, 1.82) is 0 Å². The zero-order valence-electron chi connectivity index (χ0n) is 13.0. The van der Waals surface area contributed by atoms with Gasteiger partial charge in [0.1, 0.15) is 5.82 Å². The van der Waals surface area contributed by atoms with Gasteiger partial charge in [0.25, 0.3) is 0 Å². The van der Waals surface area contributed by atoms with Crippen molar-refractivity contribution in [1.82, 2.24) is 15.2 Å². The molecule has 0 aromatic carbocycles. The van der Waals surface area contributed by atoms with Gasteiger partial charge in [-0.1, -0.05) is 6.07 Å². The largest absolute Gasteiger partial charge is 0.360 e. The molecule has 20 heavy (non-hydrogen) atoms. The number of rotatable bonds is 4. The molecule has 0 amide bonds. The summed E-state index contributed by atoms with van der Waals surface area (Å²) >= 11 is 0. The number of hydrogen-bond donors (Lipinski definition) is 1. The average molecular weight is 299 g/mol. The van der Waals surface area contributed by atoms with Crippen LogP contribution in [0.2, 0.25) is 0 Å². The van der Waals surface area contributed by atoms with Crippen molar-refractivity contribution < 1.29 is 0 Å². The third-order valence-corrected chi connectivity index (χ3v) is 4.05. The third kappa shape index (κ3) is 4.08. The van der Waals surface area contributed by atoms with E-state index in [1.165, 1.54) is 5.56 Å². The highest BCUT2D eigenvalue weighted by Crippen LogP contribution is 2.16. The Labute approximate surface area is 129 Å². The normalized spacial score (nSPS) is 23.2. The summed E-state index contributed by atoms with van der Waals surface area (Å²) in [7, 11) is 2.07. The Hall–Kier alpha value is -0.840. The zero-order valence-corrected chi connectivity index (χ0v) is 13.8. The molecule has 0 aliphatic carbocycles. The van der Waals surface area contributed by atoms with Crippen molar-refractivity contribution in [2.75, 3.05) is 31.6 Å². The fraction of sp³-hybridized carbons (Fsp3) is 0.667. The molecule has 114 valence electrons. The lowest BCUT2D eigenvalue weighted by atomic mass is 10.1. The van der Waals surface area contributed by atoms with Gasteiger partial charge in [-0.3, -0.25) is 4.90 Å². The fourth-order valence-electron chi connectivity index (χ4n) is 2.59. The number of aromatic nitrogens is 1. The maximum atomic E-state index is 4.55. The van der Waals surface area contributed by atoms with Gasteiger partial charge in [-0.15, -0.1) is 12.4 Å². The predicted molar refractivity (Wildman–Crippen MR) is 87.8 cm³/mol. The highest BCUT2D eigenvalue weighted by atomic mass is 35.5. The van der Waals surface area contributed by atoms with Gasteiger partial charge in [-0.05, 0) is 32.4 Å². The van der Waals surface area contributed by atoms with E-state index in [0.717, 1.165) is 32.0 Å². The van der Waals surface area contributed by atoms with E-state index in [1.807, 2.05) is 6.20 Å². The van der Waals surface area contributed by atoms with Gasteiger partial charge >= 0.3 is 0 Å². The molecule has 1 N–H and O–H groups in total. The van der Waals surface area contributed by atoms with E-state index in [0.29, 0.717) is 12.1 Å². The van der Waals surface area contributed by atoms with Crippen LogP contribution in [0.3, 0.4) is 0 Å². The third-order valence-electron chi connectivity index (χ3n) is 4.05. The van der Waals surface area contributed by atoms with Gasteiger partial charge in [-0.2, -0.15) is 0 Å². The molecule has 0 saturated carbocycles. The van der Waals surface area contributed by atoms with Crippen molar-refractivity contribution in [3.8, 4) is 0 Å². The van der Waals surface area contributed by atoms with Crippen LogP contribution in [0.1, 0.15) is 26.3 Å². The minimum atomic E-state index is 0. The average Bonchev–Trinajstić information content (AvgIpc) is 2.43. The molecule has 1 aliphatic rings. The summed E-state index contributed by atoms with van der Waals surface area (Å²) in [6.45, 7) is 10.8. The number of piperazine rings is 1. The van der Waals surface area contributed by atoms with Crippen LogP contribution in [-0.2, 0) is 6.54 Å². The molecule has 4 nitrogen and oxygen atoms in total. The number of halogens is 1. The van der Waals surface area contributed by atoms with E-state index in [4.69, 9.17) is 0 Å². The van der Waals surface area contributed by atoms with Crippen LogP contribution >= 0.6 is 12.4 Å². The number of pyridine rings is 1. The quantitative estimate of drug-likeness (QED) is 0.923. The van der Waals surface area contributed by atoms with E-state index in [9.17, 15) is 0 Å². The lowest BCUT2D eigenvalue weighted by molar-refractivity contribution is 0.108. The standard InChI is InChI=1S/C15H26N4.ClH/c1-5-18(4)15-7-6-14(10-17-15)11-19-12(2)8-16-9-13(19)3;/h6-7,10,12-13,16H,5,8-9,11H2,1-4H3;1H/t12-,13+;. The monoisotopic (exact) mass is 298 g/mol. The van der Waals surface area contributed by atoms with Gasteiger partial charge < -0.3 is 10.2 Å². The Morgan fingerprint density at radius 3 is 2.45 bits per heavy atom. The van der Waals surface area contributed by atoms with Gasteiger partial charge in [0.15, 0.2) is 0 Å². The summed E-state index contributed by atoms with van der Waals surface area (Å²) in [5, 5.41) is 3.47. The maximum Gasteiger partial charge on any atom is 0.128 e. The minimum Gasteiger partial charge on any atom is -0.360 e. The first-order valence-corrected chi connectivity index (χ1v) is 7.24. The second-order valence-corrected chi connectivity index (χ2v) is 5.57. The summed E-state index contributed by atoms with van der Waals surface area (Å²) < 4.78 is 0. The molecule has 1 saturated heterocycles. The summed E-state index contributed by atoms with van der Waals surface area (Å²) in [5.74, 6) is 1.05. The summed E-state index contributed by atoms with van der Waals surface area (Å²) in [6.07, 6.45) is 2.02. The number of anilines is 1. The molecule has 2 rings (SSSR count). The molecule has 5 heteroatoms. The van der Waals surface area contributed by atoms with E-state index < -0.39 is 0 Å². The molecular formula is C15H27ClN4. The molecule has 1 aliphatic heterocycles. The Morgan fingerprint density at radius 1 is 1.30 bits per heavy atom. The van der Waals surface area contributed by atoms with Crippen LogP contribution in [0.5, 0.6) is 0 Å². The van der Waals surface area contributed by atoms with Gasteiger partial charge in [-0.25, -0.2) is 4.98 Å². The Morgan fingerprint density at radius 2 is 1.95 bits per heavy atom. The molecular weight excluding hydrogens is 272 g/mol. The van der Waals surface area contributed by atoms with Crippen molar-refractivity contribution in [2.24, 2.45) is 0 Å². The Balaban J connectivity index is 0.00000200. The van der Waals surface area contributed by atoms with Gasteiger partial charge in [0.05, 0.1) is 0 Å². The molecule has 1 fully saturated rings. The van der Waals surface area contributed by atoms with Crippen LogP contribution in [-0.4, -0.2) is 48.6 Å². The molecule has 1 aromatic heterocycles. The van der Waals surface area contributed by atoms with E-state index >= 15 is 0 Å². The van der Waals surface area contributed by atoms with Crippen LogP contribution in [0.4, 0.5) is 5.82 Å². The first-order chi connectivity index (χ1) is 9.11. The molecule has 0 bridgehead atoms. The van der Waals surface area contributed by atoms with Crippen LogP contribution in [0, 0.1) is 0 Å². The van der Waals surface area contributed by atoms with Crippen LogP contribution in [0.25, 0.3) is 0 Å². The van der Waals surface area contributed by atoms with E-state index in [1.54, 1.807) is 0 Å². The fourth-order valence-corrected chi connectivity index (χ4v) is 2.59. The zero-order chi connectivity index (χ0) is 13.8. The molecule has 2 heterocycles. The van der Waals surface area contributed by atoms with Crippen LogP contribution in [0.15, 0.2) is 18.3 Å². The van der Waals surface area contributed by atoms with Crippen molar-refractivity contribution >= 4 is 18.2 Å². The predicted octanol–water partition coefficient (Wildman–Crippen LogP) is 2.14. The van der Waals surface area contributed by atoms with Crippen LogP contribution < -0.4 is 10.2 Å². The van der Waals surface area contributed by atoms with Crippen molar-refractivity contribution in [3.63, 3.8) is 0 Å². The molecule has 0 spiro atoms. The van der Waals surface area contributed by atoms with Crippen molar-refractivity contribution in [2.45, 2.75) is 39.4 Å². The Bertz CT molecular complexity index is 385. The lowest BCUT2D eigenvalue weighted by Crippen LogP contribution is -2.54. The number of nitrogens with zero attached hydrogens (tertiary/aromatic N) is 3. The molecule has 0 radical (unpaired) electrons. The topological polar surface area (TPSA) is 31.4 Å². The highest BCUT2D eigenvalue weighted by molar-refractivity contribution is 5.85. The van der Waals surface area contributed by atoms with E-state index in [-0.39, 0.29) is 12.4 Å². The van der Waals surface area contributed by atoms with Gasteiger partial charge in [0.2, 0.25) is 0 Å². The van der Waals surface area contributed by atoms with Crippen molar-refractivity contribution in [3.05, 3.63) is 23.9 Å². The second-order valence-electron chi connectivity index (χ2n) is 5.57. The first-order valence-electron chi connectivity index (χ1n) is 7.24. The number of nitrogens with one attached hydrogen (secondary N) is 1. The van der Waals surface area contributed by atoms with Gasteiger partial charge in [0, 0.05) is 51.5 Å².